The minimum Gasteiger partial charge on any atom is -0.354 e. The van der Waals surface area contributed by atoms with Gasteiger partial charge in [-0.05, 0) is 138 Å². The molecule has 2 nitrogen and oxygen atoms in total. The third kappa shape index (κ3) is 11.0. The summed E-state index contributed by atoms with van der Waals surface area (Å²) in [6.45, 7) is 12.4. The molecule has 7 aromatic rings. The van der Waals surface area contributed by atoms with E-state index in [0.717, 1.165) is 63.2 Å². The fourth-order valence-corrected chi connectivity index (χ4v) is 8.92. The molecule has 1 N–H and O–H groups in total. The number of nitrogens with zero attached hydrogens (tertiary/aromatic N) is 1. The molecule has 0 radical (unpaired) electrons. The van der Waals surface area contributed by atoms with Crippen LogP contribution in [0.2, 0.25) is 0 Å². The Bertz CT molecular complexity index is 3170. The quantitative estimate of drug-likeness (QED) is 0.0959. The summed E-state index contributed by atoms with van der Waals surface area (Å²) in [6.07, 6.45) is 36.7. The molecule has 0 bridgehead atoms. The van der Waals surface area contributed by atoms with Crippen molar-refractivity contribution in [1.29, 1.82) is 0 Å². The highest BCUT2D eigenvalue weighted by atomic mass is 15.2. The number of rotatable bonds is 16. The molecule has 1 aromatic heterocycles. The summed E-state index contributed by atoms with van der Waals surface area (Å²) in [5, 5.41) is 2.48. The highest BCUT2D eigenvalue weighted by Crippen LogP contribution is 2.40. The van der Waals surface area contributed by atoms with Crippen molar-refractivity contribution >= 4 is 33.1 Å². The number of hydrogen-bond donors (Lipinski definition) is 1. The van der Waals surface area contributed by atoms with Gasteiger partial charge in [0, 0.05) is 38.8 Å². The van der Waals surface area contributed by atoms with Crippen LogP contribution in [-0.4, -0.2) is 4.98 Å². The maximum Gasteiger partial charge on any atom is 0.0540 e. The van der Waals surface area contributed by atoms with Crippen LogP contribution in [0.3, 0.4) is 0 Å². The molecule has 6 aromatic carbocycles. The summed E-state index contributed by atoms with van der Waals surface area (Å²) in [5.74, 6) is 0.195. The molecule has 1 aliphatic carbocycles. The zero-order valence-corrected chi connectivity index (χ0v) is 39.2. The van der Waals surface area contributed by atoms with Crippen molar-refractivity contribution in [3.05, 3.63) is 289 Å². The SMILES string of the molecule is C=C/C=C(\C=C/C)C(/C=C\C(C)/C=C/C=C(\C=C/C)N(C1=CC=C(c2ccc(Cc3ccccc3)cc2)CC=C1)c1ccccc1-c1cccc(-c2cccc3[nH]c4ccccc4c23)c1)=C/C. The van der Waals surface area contributed by atoms with Crippen LogP contribution in [0.1, 0.15) is 50.8 Å². The molecule has 1 aliphatic rings. The van der Waals surface area contributed by atoms with E-state index in [2.05, 4.69) is 274 Å². The van der Waals surface area contributed by atoms with E-state index in [1.54, 1.807) is 0 Å². The van der Waals surface area contributed by atoms with Gasteiger partial charge >= 0.3 is 0 Å². The number of benzene rings is 6. The van der Waals surface area contributed by atoms with E-state index in [4.69, 9.17) is 0 Å². The van der Waals surface area contributed by atoms with Gasteiger partial charge in [0.15, 0.2) is 0 Å². The average molecular weight is 869 g/mol. The van der Waals surface area contributed by atoms with Gasteiger partial charge in [-0.1, -0.05) is 208 Å². The number of para-hydroxylation sites is 2. The lowest BCUT2D eigenvalue weighted by molar-refractivity contribution is 0.938. The van der Waals surface area contributed by atoms with Gasteiger partial charge in [0.25, 0.3) is 0 Å². The molecule has 1 heterocycles. The Morgan fingerprint density at radius 1 is 0.642 bits per heavy atom. The first-order chi connectivity index (χ1) is 33.0. The molecule has 0 fully saturated rings. The zero-order chi connectivity index (χ0) is 46.4. The third-order valence-electron chi connectivity index (χ3n) is 12.2. The van der Waals surface area contributed by atoms with Gasteiger partial charge < -0.3 is 9.88 Å². The first-order valence-electron chi connectivity index (χ1n) is 23.5. The molecule has 2 heteroatoms. The lowest BCUT2D eigenvalue weighted by atomic mass is 9.95. The van der Waals surface area contributed by atoms with Crippen LogP contribution < -0.4 is 4.90 Å². The Balaban J connectivity index is 1.19. The number of fused-ring (bicyclic) bond motifs is 3. The molecule has 0 aliphatic heterocycles. The Hall–Kier alpha value is -7.94. The van der Waals surface area contributed by atoms with Crippen molar-refractivity contribution in [3.8, 4) is 22.3 Å². The van der Waals surface area contributed by atoms with Gasteiger partial charge in [-0.3, -0.25) is 0 Å². The molecule has 0 amide bonds. The van der Waals surface area contributed by atoms with Crippen LogP contribution >= 0.6 is 0 Å². The van der Waals surface area contributed by atoms with Crippen LogP contribution in [-0.2, 0) is 6.42 Å². The van der Waals surface area contributed by atoms with Gasteiger partial charge in [-0.15, -0.1) is 0 Å². The van der Waals surface area contributed by atoms with Crippen molar-refractivity contribution in [2.45, 2.75) is 40.5 Å². The predicted molar refractivity (Wildman–Crippen MR) is 292 cm³/mol. The summed E-state index contributed by atoms with van der Waals surface area (Å²) in [4.78, 5) is 6.05. The Morgan fingerprint density at radius 3 is 2.13 bits per heavy atom. The van der Waals surface area contributed by atoms with E-state index in [0.29, 0.717) is 0 Å². The van der Waals surface area contributed by atoms with Crippen molar-refractivity contribution in [2.24, 2.45) is 5.92 Å². The molecule has 8 rings (SSSR count). The van der Waals surface area contributed by atoms with Crippen molar-refractivity contribution in [2.75, 3.05) is 4.90 Å². The lowest BCUT2D eigenvalue weighted by Gasteiger charge is -2.29. The van der Waals surface area contributed by atoms with Crippen LogP contribution in [0.4, 0.5) is 5.69 Å². The predicted octanol–water partition coefficient (Wildman–Crippen LogP) is 17.8. The molecule has 1 unspecified atom stereocenters. The number of nitrogens with one attached hydrogen (secondary N) is 1. The number of anilines is 1. The minimum atomic E-state index is 0.195. The topological polar surface area (TPSA) is 19.0 Å². The second kappa shape index (κ2) is 22.3. The first-order valence-corrected chi connectivity index (χ1v) is 23.5. The van der Waals surface area contributed by atoms with Gasteiger partial charge in [-0.2, -0.15) is 0 Å². The van der Waals surface area contributed by atoms with Crippen molar-refractivity contribution in [3.63, 3.8) is 0 Å². The molecule has 1 atom stereocenters. The maximum atomic E-state index is 3.93. The smallest absolute Gasteiger partial charge is 0.0540 e. The van der Waals surface area contributed by atoms with E-state index < -0.39 is 0 Å². The van der Waals surface area contributed by atoms with Crippen LogP contribution in [0.5, 0.6) is 0 Å². The standard InChI is InChI=1S/C65H60N2/c1-6-21-52(22-7-2)51(9-4)41-38-48(5)24-17-30-57(23-8-3)67(58-31-19-27-53(44-45-58)54-42-39-50(40-43-54)46-49-25-11-10-12-26-49)64-37-16-14-32-59(64)55-28-18-29-56(47-55)60-34-20-36-63-65(60)61-33-13-15-35-62(61)66-63/h6-26,28-45,47-48,66H,1,27,46H2,2-5H3/b22-7-,23-8-,24-17+,41-38-,51-9+,52-21+,57-30+. The molecule has 0 spiro atoms. The number of aromatic amines is 1. The van der Waals surface area contributed by atoms with Gasteiger partial charge in [0.2, 0.25) is 0 Å². The fourth-order valence-electron chi connectivity index (χ4n) is 8.92. The lowest BCUT2D eigenvalue weighted by Crippen LogP contribution is -2.20. The largest absolute Gasteiger partial charge is 0.354 e. The highest BCUT2D eigenvalue weighted by molar-refractivity contribution is 6.14. The summed E-state index contributed by atoms with van der Waals surface area (Å²) in [5.41, 5.74) is 17.7. The third-order valence-corrected chi connectivity index (χ3v) is 12.2. The summed E-state index contributed by atoms with van der Waals surface area (Å²) in [6, 6.07) is 52.8. The van der Waals surface area contributed by atoms with Gasteiger partial charge in [0.05, 0.1) is 5.69 Å². The summed E-state index contributed by atoms with van der Waals surface area (Å²) < 4.78 is 0. The zero-order valence-electron chi connectivity index (χ0n) is 39.2. The van der Waals surface area contributed by atoms with E-state index in [-0.39, 0.29) is 5.92 Å². The number of hydrogen-bond acceptors (Lipinski definition) is 1. The minimum absolute atomic E-state index is 0.195. The maximum absolute atomic E-state index is 3.93. The summed E-state index contributed by atoms with van der Waals surface area (Å²) >= 11 is 0. The van der Waals surface area contributed by atoms with Gasteiger partial charge in [0.1, 0.15) is 0 Å². The fraction of sp³-hybridized carbons (Fsp3) is 0.108. The number of allylic oxidation sites excluding steroid dienone is 19. The Labute approximate surface area is 398 Å². The summed E-state index contributed by atoms with van der Waals surface area (Å²) in [7, 11) is 0. The highest BCUT2D eigenvalue weighted by Gasteiger charge is 2.20. The van der Waals surface area contributed by atoms with Crippen LogP contribution in [0.25, 0.3) is 49.6 Å². The number of H-pyrrole nitrogens is 1. The Kier molecular flexibility index (Phi) is 15.2. The van der Waals surface area contributed by atoms with E-state index >= 15 is 0 Å². The monoisotopic (exact) mass is 868 g/mol. The van der Waals surface area contributed by atoms with E-state index in [1.165, 1.54) is 44.2 Å². The average Bonchev–Trinajstić information content (AvgIpc) is 3.58. The molecule has 0 saturated heterocycles. The van der Waals surface area contributed by atoms with E-state index in [1.807, 2.05) is 13.0 Å². The second-order valence-electron chi connectivity index (χ2n) is 16.9. The normalized spacial score (nSPS) is 14.4. The second-order valence-corrected chi connectivity index (χ2v) is 16.9. The first kappa shape index (κ1) is 45.6. The van der Waals surface area contributed by atoms with E-state index in [9.17, 15) is 0 Å². The van der Waals surface area contributed by atoms with Crippen LogP contribution in [0, 0.1) is 5.92 Å². The van der Waals surface area contributed by atoms with Gasteiger partial charge in [-0.25, -0.2) is 0 Å². The van der Waals surface area contributed by atoms with Crippen molar-refractivity contribution in [1.82, 2.24) is 4.98 Å². The van der Waals surface area contributed by atoms with Crippen LogP contribution in [0.15, 0.2) is 272 Å². The molecular weight excluding hydrogens is 809 g/mol. The molecule has 330 valence electrons. The number of aromatic nitrogens is 1. The van der Waals surface area contributed by atoms with Crippen molar-refractivity contribution < 1.29 is 0 Å². The molecule has 67 heavy (non-hydrogen) atoms. The molecule has 0 saturated carbocycles. The molecular formula is C65H60N2. The Morgan fingerprint density at radius 2 is 1.34 bits per heavy atom.